The number of hydrogen-bond acceptors (Lipinski definition) is 3. The van der Waals surface area contributed by atoms with E-state index >= 15 is 0 Å². The van der Waals surface area contributed by atoms with Gasteiger partial charge in [0, 0.05) is 5.92 Å². The fourth-order valence-electron chi connectivity index (χ4n) is 2.05. The van der Waals surface area contributed by atoms with Gasteiger partial charge in [-0.2, -0.15) is 0 Å². The molecule has 0 bridgehead atoms. The molecule has 1 rings (SSSR count). The number of nitrogens with zero attached hydrogens (tertiary/aromatic N) is 1. The van der Waals surface area contributed by atoms with E-state index in [1.807, 2.05) is 0 Å². The summed E-state index contributed by atoms with van der Waals surface area (Å²) in [5, 5.41) is 0. The molecular formula is C11H22N2O. The van der Waals surface area contributed by atoms with E-state index in [-0.39, 0.29) is 12.0 Å². The summed E-state index contributed by atoms with van der Waals surface area (Å²) in [6, 6.07) is -0.214. The molecule has 3 heteroatoms. The van der Waals surface area contributed by atoms with Gasteiger partial charge in [-0.25, -0.2) is 0 Å². The fourth-order valence-corrected chi connectivity index (χ4v) is 2.05. The second-order valence-electron chi connectivity index (χ2n) is 4.38. The second kappa shape index (κ2) is 5.47. The Hall–Kier alpha value is -0.410. The fraction of sp³-hybridized carbons (Fsp3) is 0.909. The Kier molecular flexibility index (Phi) is 4.55. The maximum atomic E-state index is 11.9. The highest BCUT2D eigenvalue weighted by atomic mass is 16.1. The molecule has 0 spiro atoms. The lowest BCUT2D eigenvalue weighted by atomic mass is 9.88. The first-order chi connectivity index (χ1) is 6.65. The van der Waals surface area contributed by atoms with E-state index in [4.69, 9.17) is 5.73 Å². The average molecular weight is 198 g/mol. The summed E-state index contributed by atoms with van der Waals surface area (Å²) in [4.78, 5) is 14.1. The van der Waals surface area contributed by atoms with Crippen molar-refractivity contribution in [1.29, 1.82) is 0 Å². The molecule has 0 amide bonds. The van der Waals surface area contributed by atoms with Crippen LogP contribution < -0.4 is 5.73 Å². The van der Waals surface area contributed by atoms with E-state index in [2.05, 4.69) is 18.9 Å². The van der Waals surface area contributed by atoms with E-state index in [0.29, 0.717) is 5.78 Å². The molecular weight excluding hydrogens is 176 g/mol. The zero-order chi connectivity index (χ0) is 10.6. The maximum Gasteiger partial charge on any atom is 0.152 e. The van der Waals surface area contributed by atoms with E-state index in [1.165, 1.54) is 0 Å². The third-order valence-electron chi connectivity index (χ3n) is 3.09. The van der Waals surface area contributed by atoms with Crippen LogP contribution in [-0.4, -0.2) is 36.9 Å². The standard InChI is InChI=1S/C11H22N2O/c1-3-4-10(12)11(14)9-5-7-13(2)8-6-9/h9-10H,3-8,12H2,1-2H3. The lowest BCUT2D eigenvalue weighted by Gasteiger charge is -2.29. The van der Waals surface area contributed by atoms with Crippen LogP contribution >= 0.6 is 0 Å². The normalized spacial score (nSPS) is 22.2. The van der Waals surface area contributed by atoms with Crippen molar-refractivity contribution < 1.29 is 4.79 Å². The van der Waals surface area contributed by atoms with Gasteiger partial charge in [0.25, 0.3) is 0 Å². The highest BCUT2D eigenvalue weighted by Crippen LogP contribution is 2.18. The van der Waals surface area contributed by atoms with Gasteiger partial charge in [0.1, 0.15) is 0 Å². The quantitative estimate of drug-likeness (QED) is 0.733. The smallest absolute Gasteiger partial charge is 0.152 e. The molecule has 14 heavy (non-hydrogen) atoms. The molecule has 1 saturated heterocycles. The summed E-state index contributed by atoms with van der Waals surface area (Å²) in [6.07, 6.45) is 3.82. The number of hydrogen-bond donors (Lipinski definition) is 1. The predicted octanol–water partition coefficient (Wildman–Crippen LogP) is 1.02. The minimum atomic E-state index is -0.214. The molecule has 1 aliphatic heterocycles. The van der Waals surface area contributed by atoms with Crippen molar-refractivity contribution in [3.05, 3.63) is 0 Å². The van der Waals surface area contributed by atoms with Crippen LogP contribution in [0.4, 0.5) is 0 Å². The molecule has 1 atom stereocenters. The number of ketones is 1. The lowest BCUT2D eigenvalue weighted by molar-refractivity contribution is -0.125. The minimum absolute atomic E-state index is 0.214. The Morgan fingerprint density at radius 1 is 1.50 bits per heavy atom. The SMILES string of the molecule is CCCC(N)C(=O)C1CCN(C)CC1. The van der Waals surface area contributed by atoms with Crippen LogP contribution in [0.15, 0.2) is 0 Å². The summed E-state index contributed by atoms with van der Waals surface area (Å²) in [5.74, 6) is 0.521. The summed E-state index contributed by atoms with van der Waals surface area (Å²) < 4.78 is 0. The highest BCUT2D eigenvalue weighted by molar-refractivity contribution is 5.86. The minimum Gasteiger partial charge on any atom is -0.321 e. The molecule has 0 aromatic rings. The molecule has 2 N–H and O–H groups in total. The lowest BCUT2D eigenvalue weighted by Crippen LogP contribution is -2.41. The van der Waals surface area contributed by atoms with E-state index < -0.39 is 0 Å². The van der Waals surface area contributed by atoms with Crippen molar-refractivity contribution in [1.82, 2.24) is 4.90 Å². The topological polar surface area (TPSA) is 46.3 Å². The largest absolute Gasteiger partial charge is 0.321 e. The van der Waals surface area contributed by atoms with Crippen LogP contribution in [0, 0.1) is 5.92 Å². The number of carbonyl (C=O) groups excluding carboxylic acids is 1. The molecule has 3 nitrogen and oxygen atoms in total. The molecule has 1 heterocycles. The van der Waals surface area contributed by atoms with Crippen LogP contribution in [0.2, 0.25) is 0 Å². The first kappa shape index (κ1) is 11.7. The molecule has 1 unspecified atom stereocenters. The van der Waals surface area contributed by atoms with Gasteiger partial charge in [-0.15, -0.1) is 0 Å². The molecule has 0 saturated carbocycles. The van der Waals surface area contributed by atoms with Gasteiger partial charge >= 0.3 is 0 Å². The van der Waals surface area contributed by atoms with Gasteiger partial charge in [0.05, 0.1) is 6.04 Å². The van der Waals surface area contributed by atoms with Crippen molar-refractivity contribution in [2.75, 3.05) is 20.1 Å². The van der Waals surface area contributed by atoms with Crippen molar-refractivity contribution in [2.45, 2.75) is 38.6 Å². The number of nitrogens with two attached hydrogens (primary N) is 1. The van der Waals surface area contributed by atoms with Crippen molar-refractivity contribution >= 4 is 5.78 Å². The maximum absolute atomic E-state index is 11.9. The first-order valence-corrected chi connectivity index (χ1v) is 5.63. The molecule has 0 aliphatic carbocycles. The molecule has 82 valence electrons. The average Bonchev–Trinajstić information content (AvgIpc) is 2.18. The van der Waals surface area contributed by atoms with Gasteiger partial charge in [0.15, 0.2) is 5.78 Å². The Bertz CT molecular complexity index is 186. The molecule has 1 fully saturated rings. The Labute approximate surface area is 86.6 Å². The third-order valence-corrected chi connectivity index (χ3v) is 3.09. The van der Waals surface area contributed by atoms with Gasteiger partial charge in [0.2, 0.25) is 0 Å². The molecule has 0 radical (unpaired) electrons. The van der Waals surface area contributed by atoms with Crippen molar-refractivity contribution in [3.63, 3.8) is 0 Å². The number of rotatable bonds is 4. The Balaban J connectivity index is 2.37. The monoisotopic (exact) mass is 198 g/mol. The summed E-state index contributed by atoms with van der Waals surface area (Å²) in [7, 11) is 2.10. The molecule has 0 aromatic carbocycles. The van der Waals surface area contributed by atoms with E-state index in [9.17, 15) is 4.79 Å². The van der Waals surface area contributed by atoms with Gasteiger partial charge in [-0.1, -0.05) is 13.3 Å². The Morgan fingerprint density at radius 2 is 2.07 bits per heavy atom. The van der Waals surface area contributed by atoms with Crippen LogP contribution in [0.25, 0.3) is 0 Å². The van der Waals surface area contributed by atoms with Crippen molar-refractivity contribution in [2.24, 2.45) is 11.7 Å². The Morgan fingerprint density at radius 3 is 2.57 bits per heavy atom. The molecule has 1 aliphatic rings. The van der Waals surface area contributed by atoms with Gasteiger partial charge in [-0.05, 0) is 39.4 Å². The van der Waals surface area contributed by atoms with Crippen LogP contribution in [0.1, 0.15) is 32.6 Å². The first-order valence-electron chi connectivity index (χ1n) is 5.63. The van der Waals surface area contributed by atoms with Gasteiger partial charge < -0.3 is 10.6 Å². The van der Waals surface area contributed by atoms with Crippen LogP contribution in [0.5, 0.6) is 0 Å². The summed E-state index contributed by atoms with van der Waals surface area (Å²) in [6.45, 7) is 4.15. The number of piperidine rings is 1. The summed E-state index contributed by atoms with van der Waals surface area (Å²) in [5.41, 5.74) is 5.83. The van der Waals surface area contributed by atoms with Crippen LogP contribution in [-0.2, 0) is 4.79 Å². The second-order valence-corrected chi connectivity index (χ2v) is 4.38. The van der Waals surface area contributed by atoms with Gasteiger partial charge in [-0.3, -0.25) is 4.79 Å². The zero-order valence-corrected chi connectivity index (χ0v) is 9.33. The third kappa shape index (κ3) is 3.07. The summed E-state index contributed by atoms with van der Waals surface area (Å²) >= 11 is 0. The zero-order valence-electron chi connectivity index (χ0n) is 9.33. The molecule has 0 aromatic heterocycles. The number of Topliss-reactive ketones (excluding diaryl/α,β-unsaturated/α-hetero) is 1. The number of likely N-dealkylation sites (tertiary alicyclic amines) is 1. The predicted molar refractivity (Wildman–Crippen MR) is 58.1 cm³/mol. The highest BCUT2D eigenvalue weighted by Gasteiger charge is 2.26. The van der Waals surface area contributed by atoms with E-state index in [1.54, 1.807) is 0 Å². The van der Waals surface area contributed by atoms with Crippen molar-refractivity contribution in [3.8, 4) is 0 Å². The van der Waals surface area contributed by atoms with Crippen LogP contribution in [0.3, 0.4) is 0 Å². The number of carbonyl (C=O) groups is 1. The van der Waals surface area contributed by atoms with E-state index in [0.717, 1.165) is 38.8 Å².